The maximum Gasteiger partial charge on any atom is 0.272 e. The number of hydrogen-bond acceptors (Lipinski definition) is 4. The van der Waals surface area contributed by atoms with Crippen molar-refractivity contribution in [3.63, 3.8) is 0 Å². The van der Waals surface area contributed by atoms with Crippen molar-refractivity contribution in [3.8, 4) is 6.07 Å². The van der Waals surface area contributed by atoms with Crippen LogP contribution in [0.25, 0.3) is 0 Å². The standard InChI is InChI=1S/C9H9ClN4O/c1-9(2,5-11)14-8(15)6-3-12-4-7(10)13-6/h3-4H,1-2H3,(H,14,15). The number of aromatic nitrogens is 2. The molecule has 0 aliphatic heterocycles. The lowest BCUT2D eigenvalue weighted by Gasteiger charge is -2.16. The molecule has 0 saturated heterocycles. The van der Waals surface area contributed by atoms with Crippen LogP contribution in [0.5, 0.6) is 0 Å². The summed E-state index contributed by atoms with van der Waals surface area (Å²) in [6.07, 6.45) is 2.61. The third-order valence-corrected chi connectivity index (χ3v) is 1.73. The van der Waals surface area contributed by atoms with Gasteiger partial charge in [-0.25, -0.2) is 4.98 Å². The molecule has 1 heterocycles. The van der Waals surface area contributed by atoms with Crippen molar-refractivity contribution >= 4 is 17.5 Å². The monoisotopic (exact) mass is 224 g/mol. The molecular weight excluding hydrogens is 216 g/mol. The Kier molecular flexibility index (Phi) is 3.22. The minimum atomic E-state index is -0.943. The average Bonchev–Trinajstić information content (AvgIpc) is 2.17. The Bertz CT molecular complexity index is 424. The van der Waals surface area contributed by atoms with Gasteiger partial charge in [0.25, 0.3) is 5.91 Å². The van der Waals surface area contributed by atoms with Gasteiger partial charge in [0.1, 0.15) is 16.4 Å². The van der Waals surface area contributed by atoms with Gasteiger partial charge in [0.15, 0.2) is 0 Å². The Morgan fingerprint density at radius 1 is 1.60 bits per heavy atom. The number of nitrogens with one attached hydrogen (secondary N) is 1. The molecule has 6 heteroatoms. The summed E-state index contributed by atoms with van der Waals surface area (Å²) in [5.74, 6) is -0.475. The third-order valence-electron chi connectivity index (χ3n) is 1.54. The number of nitrogens with zero attached hydrogens (tertiary/aromatic N) is 3. The van der Waals surface area contributed by atoms with Crippen molar-refractivity contribution in [2.24, 2.45) is 0 Å². The van der Waals surface area contributed by atoms with Crippen molar-refractivity contribution in [2.45, 2.75) is 19.4 Å². The number of halogens is 1. The van der Waals surface area contributed by atoms with E-state index in [0.29, 0.717) is 0 Å². The molecule has 15 heavy (non-hydrogen) atoms. The molecule has 0 bridgehead atoms. The van der Waals surface area contributed by atoms with Crippen molar-refractivity contribution < 1.29 is 4.79 Å². The van der Waals surface area contributed by atoms with Crippen LogP contribution < -0.4 is 5.32 Å². The summed E-state index contributed by atoms with van der Waals surface area (Å²) in [6, 6.07) is 1.94. The van der Waals surface area contributed by atoms with E-state index in [0.717, 1.165) is 0 Å². The number of carbonyl (C=O) groups is 1. The second-order valence-electron chi connectivity index (χ2n) is 3.42. The fourth-order valence-corrected chi connectivity index (χ4v) is 0.975. The van der Waals surface area contributed by atoms with E-state index in [1.165, 1.54) is 12.4 Å². The molecule has 0 atom stereocenters. The molecule has 0 spiro atoms. The van der Waals surface area contributed by atoms with Crippen LogP contribution in [0.15, 0.2) is 12.4 Å². The van der Waals surface area contributed by atoms with E-state index in [1.54, 1.807) is 13.8 Å². The Hall–Kier alpha value is -1.67. The van der Waals surface area contributed by atoms with Crippen molar-refractivity contribution in [3.05, 3.63) is 23.2 Å². The van der Waals surface area contributed by atoms with Crippen LogP contribution in [0.3, 0.4) is 0 Å². The minimum Gasteiger partial charge on any atom is -0.333 e. The third kappa shape index (κ3) is 3.18. The van der Waals surface area contributed by atoms with E-state index in [1.807, 2.05) is 6.07 Å². The van der Waals surface area contributed by atoms with Gasteiger partial charge in [0.05, 0.1) is 18.5 Å². The normalized spacial score (nSPS) is 10.5. The largest absolute Gasteiger partial charge is 0.333 e. The van der Waals surface area contributed by atoms with Crippen LogP contribution >= 0.6 is 11.6 Å². The summed E-state index contributed by atoms with van der Waals surface area (Å²) in [5, 5.41) is 11.3. The van der Waals surface area contributed by atoms with Gasteiger partial charge in [0.2, 0.25) is 0 Å². The summed E-state index contributed by atoms with van der Waals surface area (Å²) in [6.45, 7) is 3.17. The predicted octanol–water partition coefficient (Wildman–Crippen LogP) is 1.16. The lowest BCUT2D eigenvalue weighted by atomic mass is 10.1. The molecule has 0 saturated carbocycles. The van der Waals surface area contributed by atoms with Crippen molar-refractivity contribution in [1.29, 1.82) is 5.26 Å². The van der Waals surface area contributed by atoms with Crippen LogP contribution in [0.4, 0.5) is 0 Å². The number of rotatable bonds is 2. The van der Waals surface area contributed by atoms with E-state index in [4.69, 9.17) is 16.9 Å². The highest BCUT2D eigenvalue weighted by molar-refractivity contribution is 6.29. The number of amides is 1. The minimum absolute atomic E-state index is 0.0887. The van der Waals surface area contributed by atoms with E-state index in [2.05, 4.69) is 15.3 Å². The van der Waals surface area contributed by atoms with Gasteiger partial charge in [-0.1, -0.05) is 11.6 Å². The smallest absolute Gasteiger partial charge is 0.272 e. The predicted molar refractivity (Wildman–Crippen MR) is 54.2 cm³/mol. The van der Waals surface area contributed by atoms with Crippen LogP contribution in [-0.2, 0) is 0 Å². The quantitative estimate of drug-likeness (QED) is 0.818. The lowest BCUT2D eigenvalue weighted by Crippen LogP contribution is -2.42. The molecule has 1 N–H and O–H groups in total. The molecule has 0 unspecified atom stereocenters. The van der Waals surface area contributed by atoms with Gasteiger partial charge in [-0.2, -0.15) is 5.26 Å². The lowest BCUT2D eigenvalue weighted by molar-refractivity contribution is 0.0923. The summed E-state index contributed by atoms with van der Waals surface area (Å²) >= 11 is 5.58. The topological polar surface area (TPSA) is 78.7 Å². The Labute approximate surface area is 92.1 Å². The maximum absolute atomic E-state index is 11.5. The first-order chi connectivity index (χ1) is 6.94. The van der Waals surface area contributed by atoms with Gasteiger partial charge in [-0.15, -0.1) is 0 Å². The molecule has 78 valence electrons. The molecule has 0 aromatic carbocycles. The van der Waals surface area contributed by atoms with E-state index < -0.39 is 11.4 Å². The van der Waals surface area contributed by atoms with E-state index in [-0.39, 0.29) is 10.8 Å². The molecule has 0 aliphatic carbocycles. The second-order valence-corrected chi connectivity index (χ2v) is 3.81. The molecule has 0 aliphatic rings. The molecule has 1 amide bonds. The van der Waals surface area contributed by atoms with E-state index in [9.17, 15) is 4.79 Å². The maximum atomic E-state index is 11.5. The average molecular weight is 225 g/mol. The summed E-state index contributed by atoms with van der Waals surface area (Å²) in [5.41, 5.74) is -0.855. The van der Waals surface area contributed by atoms with Gasteiger partial charge < -0.3 is 5.32 Å². The van der Waals surface area contributed by atoms with Crippen molar-refractivity contribution in [1.82, 2.24) is 15.3 Å². The van der Waals surface area contributed by atoms with Crippen molar-refractivity contribution in [2.75, 3.05) is 0 Å². The zero-order valence-electron chi connectivity index (χ0n) is 8.28. The number of carbonyl (C=O) groups excluding carboxylic acids is 1. The number of nitriles is 1. The zero-order chi connectivity index (χ0) is 11.5. The van der Waals surface area contributed by atoms with Crippen LogP contribution in [0.1, 0.15) is 24.3 Å². The van der Waals surface area contributed by atoms with Crippen LogP contribution in [0, 0.1) is 11.3 Å². The van der Waals surface area contributed by atoms with Gasteiger partial charge in [0, 0.05) is 0 Å². The van der Waals surface area contributed by atoms with Gasteiger partial charge in [-0.05, 0) is 13.8 Å². The SMILES string of the molecule is CC(C)(C#N)NC(=O)c1cncc(Cl)n1. The first-order valence-corrected chi connectivity index (χ1v) is 4.54. The number of hydrogen-bond donors (Lipinski definition) is 1. The van der Waals surface area contributed by atoms with Crippen LogP contribution in [-0.4, -0.2) is 21.4 Å². The molecule has 1 aromatic rings. The van der Waals surface area contributed by atoms with Crippen LogP contribution in [0.2, 0.25) is 5.15 Å². The van der Waals surface area contributed by atoms with E-state index >= 15 is 0 Å². The van der Waals surface area contributed by atoms with Gasteiger partial charge >= 0.3 is 0 Å². The molecule has 1 rings (SSSR count). The zero-order valence-corrected chi connectivity index (χ0v) is 9.04. The molecule has 0 radical (unpaired) electrons. The highest BCUT2D eigenvalue weighted by Crippen LogP contribution is 2.05. The Morgan fingerprint density at radius 2 is 2.27 bits per heavy atom. The van der Waals surface area contributed by atoms with Gasteiger partial charge in [-0.3, -0.25) is 9.78 Å². The fraction of sp³-hybridized carbons (Fsp3) is 0.333. The highest BCUT2D eigenvalue weighted by Gasteiger charge is 2.21. The molecular formula is C9H9ClN4O. The molecule has 5 nitrogen and oxygen atoms in total. The first kappa shape index (κ1) is 11.4. The fourth-order valence-electron chi connectivity index (χ4n) is 0.827. The summed E-state index contributed by atoms with van der Waals surface area (Å²) in [4.78, 5) is 19.0. The highest BCUT2D eigenvalue weighted by atomic mass is 35.5. The summed E-state index contributed by atoms with van der Waals surface area (Å²) in [7, 11) is 0. The second kappa shape index (κ2) is 4.24. The first-order valence-electron chi connectivity index (χ1n) is 4.16. The Morgan fingerprint density at radius 3 is 2.80 bits per heavy atom. The molecule has 1 aromatic heterocycles. The Balaban J connectivity index is 2.84. The molecule has 0 fully saturated rings. The summed E-state index contributed by atoms with van der Waals surface area (Å²) < 4.78 is 0.